The average molecular weight is 240 g/mol. The zero-order chi connectivity index (χ0) is 11.5. The Labute approximate surface area is 102 Å². The molecule has 2 N–H and O–H groups in total. The molecule has 1 unspecified atom stereocenters. The van der Waals surface area contributed by atoms with Gasteiger partial charge in [0.1, 0.15) is 5.75 Å². The second kappa shape index (κ2) is 5.07. The zero-order valence-electron chi connectivity index (χ0n) is 9.58. The van der Waals surface area contributed by atoms with E-state index in [2.05, 4.69) is 6.07 Å². The van der Waals surface area contributed by atoms with Gasteiger partial charge in [0.2, 0.25) is 0 Å². The van der Waals surface area contributed by atoms with Crippen LogP contribution in [0.2, 0.25) is 5.02 Å². The maximum Gasteiger partial charge on any atom is 0.137 e. The normalized spacial score (nSPS) is 17.2. The predicted molar refractivity (Wildman–Crippen MR) is 67.1 cm³/mol. The van der Waals surface area contributed by atoms with Gasteiger partial charge in [0.05, 0.1) is 11.6 Å². The van der Waals surface area contributed by atoms with Crippen LogP contribution in [0.25, 0.3) is 0 Å². The third-order valence-electron chi connectivity index (χ3n) is 3.13. The van der Waals surface area contributed by atoms with Gasteiger partial charge >= 0.3 is 0 Å². The molecule has 1 atom stereocenters. The Balaban J connectivity index is 2.18. The first-order valence-corrected chi connectivity index (χ1v) is 6.26. The molecular formula is C13H18ClNO. The lowest BCUT2D eigenvalue weighted by atomic mass is 9.94. The van der Waals surface area contributed by atoms with E-state index in [-0.39, 0.29) is 0 Å². The van der Waals surface area contributed by atoms with Crippen LogP contribution in [-0.4, -0.2) is 13.2 Å². The monoisotopic (exact) mass is 239 g/mol. The molecule has 1 aliphatic carbocycles. The van der Waals surface area contributed by atoms with E-state index in [9.17, 15) is 0 Å². The lowest BCUT2D eigenvalue weighted by Gasteiger charge is -2.15. The molecule has 16 heavy (non-hydrogen) atoms. The lowest BCUT2D eigenvalue weighted by Crippen LogP contribution is -2.14. The second-order valence-corrected chi connectivity index (χ2v) is 4.71. The third-order valence-corrected chi connectivity index (χ3v) is 3.42. The summed E-state index contributed by atoms with van der Waals surface area (Å²) in [4.78, 5) is 0. The molecule has 0 aliphatic heterocycles. The number of hydrogen-bond donors (Lipinski definition) is 1. The summed E-state index contributed by atoms with van der Waals surface area (Å²) in [6.07, 6.45) is 2.60. The van der Waals surface area contributed by atoms with Crippen molar-refractivity contribution in [1.82, 2.24) is 0 Å². The number of nitrogens with two attached hydrogens (primary N) is 1. The van der Waals surface area contributed by atoms with Gasteiger partial charge in [0.25, 0.3) is 0 Å². The summed E-state index contributed by atoms with van der Waals surface area (Å²) in [5.41, 5.74) is 7.07. The maximum absolute atomic E-state index is 6.17. The van der Waals surface area contributed by atoms with Crippen LogP contribution in [0.15, 0.2) is 18.2 Å². The van der Waals surface area contributed by atoms with Gasteiger partial charge in [0, 0.05) is 0 Å². The SMILES string of the molecule is CCOc1ccc(C(CN)C2CC2)cc1Cl. The van der Waals surface area contributed by atoms with Gasteiger partial charge in [-0.05, 0) is 55.8 Å². The Morgan fingerprint density at radius 3 is 2.75 bits per heavy atom. The molecule has 0 amide bonds. The Kier molecular flexibility index (Phi) is 3.72. The van der Waals surface area contributed by atoms with Crippen LogP contribution >= 0.6 is 11.6 Å². The zero-order valence-corrected chi connectivity index (χ0v) is 10.3. The van der Waals surface area contributed by atoms with Crippen molar-refractivity contribution in [2.75, 3.05) is 13.2 Å². The van der Waals surface area contributed by atoms with Gasteiger partial charge in [-0.25, -0.2) is 0 Å². The Bertz CT molecular complexity index is 363. The minimum Gasteiger partial charge on any atom is -0.492 e. The fourth-order valence-electron chi connectivity index (χ4n) is 2.12. The molecule has 0 saturated heterocycles. The number of halogens is 1. The number of ether oxygens (including phenoxy) is 1. The van der Waals surface area contributed by atoms with Gasteiger partial charge in [-0.2, -0.15) is 0 Å². The average Bonchev–Trinajstić information content (AvgIpc) is 3.07. The van der Waals surface area contributed by atoms with Gasteiger partial charge in [-0.15, -0.1) is 0 Å². The molecule has 0 spiro atoms. The highest BCUT2D eigenvalue weighted by Crippen LogP contribution is 2.43. The Morgan fingerprint density at radius 1 is 1.50 bits per heavy atom. The molecule has 0 radical (unpaired) electrons. The summed E-state index contributed by atoms with van der Waals surface area (Å²) in [5.74, 6) is 1.99. The quantitative estimate of drug-likeness (QED) is 0.857. The molecule has 1 aromatic carbocycles. The Hall–Kier alpha value is -0.730. The molecule has 1 aliphatic rings. The van der Waals surface area contributed by atoms with E-state index in [1.54, 1.807) is 0 Å². The first-order chi connectivity index (χ1) is 7.76. The van der Waals surface area contributed by atoms with Crippen LogP contribution in [0.1, 0.15) is 31.2 Å². The highest BCUT2D eigenvalue weighted by molar-refractivity contribution is 6.32. The van der Waals surface area contributed by atoms with Crippen LogP contribution in [0.3, 0.4) is 0 Å². The standard InChI is InChI=1S/C13H18ClNO/c1-2-16-13-6-5-10(7-12(13)14)11(8-15)9-3-4-9/h5-7,9,11H,2-4,8,15H2,1H3. The number of hydrogen-bond acceptors (Lipinski definition) is 2. The fraction of sp³-hybridized carbons (Fsp3) is 0.538. The highest BCUT2D eigenvalue weighted by atomic mass is 35.5. The summed E-state index contributed by atoms with van der Waals surface area (Å²) in [7, 11) is 0. The molecule has 3 heteroatoms. The van der Waals surface area contributed by atoms with Gasteiger partial charge in [-0.1, -0.05) is 17.7 Å². The van der Waals surface area contributed by atoms with Gasteiger partial charge in [0.15, 0.2) is 0 Å². The summed E-state index contributed by atoms with van der Waals surface area (Å²) in [6.45, 7) is 3.30. The summed E-state index contributed by atoms with van der Waals surface area (Å²) >= 11 is 6.17. The van der Waals surface area contributed by atoms with Crippen molar-refractivity contribution >= 4 is 11.6 Å². The van der Waals surface area contributed by atoms with Gasteiger partial charge < -0.3 is 10.5 Å². The third kappa shape index (κ3) is 2.50. The van der Waals surface area contributed by atoms with Crippen molar-refractivity contribution in [2.45, 2.75) is 25.7 Å². The lowest BCUT2D eigenvalue weighted by molar-refractivity contribution is 0.340. The molecule has 2 rings (SSSR count). The van der Waals surface area contributed by atoms with Crippen molar-refractivity contribution in [3.05, 3.63) is 28.8 Å². The van der Waals surface area contributed by atoms with Crippen molar-refractivity contribution in [2.24, 2.45) is 11.7 Å². The van der Waals surface area contributed by atoms with Crippen LogP contribution in [0.4, 0.5) is 0 Å². The van der Waals surface area contributed by atoms with Crippen LogP contribution in [-0.2, 0) is 0 Å². The molecule has 0 heterocycles. The fourth-order valence-corrected chi connectivity index (χ4v) is 2.36. The molecule has 0 aromatic heterocycles. The summed E-state index contributed by atoms with van der Waals surface area (Å²) in [6, 6.07) is 6.04. The molecule has 1 fully saturated rings. The molecule has 2 nitrogen and oxygen atoms in total. The van der Waals surface area contributed by atoms with Crippen LogP contribution in [0, 0.1) is 5.92 Å². The minimum atomic E-state index is 0.466. The first-order valence-electron chi connectivity index (χ1n) is 5.88. The molecule has 0 bridgehead atoms. The predicted octanol–water partition coefficient (Wildman–Crippen LogP) is 3.19. The van der Waals surface area contributed by atoms with E-state index < -0.39 is 0 Å². The van der Waals surface area contributed by atoms with Crippen LogP contribution in [0.5, 0.6) is 5.75 Å². The maximum atomic E-state index is 6.17. The van der Waals surface area contributed by atoms with E-state index >= 15 is 0 Å². The Morgan fingerprint density at radius 2 is 2.25 bits per heavy atom. The van der Waals surface area contributed by atoms with E-state index in [4.69, 9.17) is 22.1 Å². The van der Waals surface area contributed by atoms with Crippen LogP contribution < -0.4 is 10.5 Å². The topological polar surface area (TPSA) is 35.2 Å². The van der Waals surface area contributed by atoms with E-state index in [1.165, 1.54) is 18.4 Å². The molecule has 1 saturated carbocycles. The van der Waals surface area contributed by atoms with E-state index in [0.29, 0.717) is 24.1 Å². The minimum absolute atomic E-state index is 0.466. The molecule has 1 aromatic rings. The number of benzene rings is 1. The summed E-state index contributed by atoms with van der Waals surface area (Å²) < 4.78 is 5.42. The van der Waals surface area contributed by atoms with E-state index in [1.807, 2.05) is 19.1 Å². The molecular weight excluding hydrogens is 222 g/mol. The highest BCUT2D eigenvalue weighted by Gasteiger charge is 2.31. The number of rotatable bonds is 5. The van der Waals surface area contributed by atoms with Crippen molar-refractivity contribution in [3.8, 4) is 5.75 Å². The largest absolute Gasteiger partial charge is 0.492 e. The van der Waals surface area contributed by atoms with Crippen molar-refractivity contribution in [3.63, 3.8) is 0 Å². The van der Waals surface area contributed by atoms with E-state index in [0.717, 1.165) is 11.7 Å². The van der Waals surface area contributed by atoms with Crippen molar-refractivity contribution < 1.29 is 4.74 Å². The molecule has 88 valence electrons. The first kappa shape index (κ1) is 11.7. The second-order valence-electron chi connectivity index (χ2n) is 4.30. The van der Waals surface area contributed by atoms with Crippen molar-refractivity contribution in [1.29, 1.82) is 0 Å². The summed E-state index contributed by atoms with van der Waals surface area (Å²) in [5, 5.41) is 0.693. The smallest absolute Gasteiger partial charge is 0.137 e. The van der Waals surface area contributed by atoms with Gasteiger partial charge in [-0.3, -0.25) is 0 Å².